The molecule has 2 aromatic heterocycles. The van der Waals surface area contributed by atoms with Gasteiger partial charge in [-0.2, -0.15) is 9.97 Å². The summed E-state index contributed by atoms with van der Waals surface area (Å²) in [5.74, 6) is 0.712. The Bertz CT molecular complexity index is 1830. The summed E-state index contributed by atoms with van der Waals surface area (Å²) < 4.78 is 65.9. The molecule has 8 nitrogen and oxygen atoms in total. The van der Waals surface area contributed by atoms with Crippen molar-refractivity contribution in [1.29, 1.82) is 0 Å². The lowest BCUT2D eigenvalue weighted by Gasteiger charge is -2.34. The van der Waals surface area contributed by atoms with E-state index < -0.39 is 35.6 Å². The molecule has 228 valence electrons. The minimum atomic E-state index is -1.41. The van der Waals surface area contributed by atoms with Crippen LogP contribution in [-0.4, -0.2) is 86.8 Å². The molecule has 44 heavy (non-hydrogen) atoms. The van der Waals surface area contributed by atoms with Crippen molar-refractivity contribution in [3.05, 3.63) is 47.7 Å². The molecule has 12 heteroatoms. The molecule has 2 N–H and O–H groups in total. The highest BCUT2D eigenvalue weighted by atomic mass is 19.1. The first-order valence-corrected chi connectivity index (χ1v) is 14.5. The summed E-state index contributed by atoms with van der Waals surface area (Å²) in [5, 5.41) is 21.5. The highest BCUT2D eigenvalue weighted by Crippen LogP contribution is 2.42. The zero-order valence-corrected chi connectivity index (χ0v) is 23.6. The number of phenols is 1. The maximum Gasteiger partial charge on any atom is 0.319 e. The number of pyridine rings is 1. The topological polar surface area (TPSA) is 94.8 Å². The Balaban J connectivity index is 1.38. The number of hydrogen-bond acceptors (Lipinski definition) is 8. The van der Waals surface area contributed by atoms with Crippen molar-refractivity contribution in [3.8, 4) is 35.4 Å². The van der Waals surface area contributed by atoms with E-state index in [1.165, 1.54) is 30.5 Å². The van der Waals surface area contributed by atoms with Crippen LogP contribution in [0.4, 0.5) is 23.4 Å². The molecule has 5 heterocycles. The van der Waals surface area contributed by atoms with E-state index in [0.717, 1.165) is 19.4 Å². The number of anilines is 1. The quantitative estimate of drug-likeness (QED) is 0.250. The van der Waals surface area contributed by atoms with Crippen molar-refractivity contribution in [2.75, 3.05) is 37.7 Å². The highest BCUT2D eigenvalue weighted by molar-refractivity contribution is 6.03. The van der Waals surface area contributed by atoms with Gasteiger partial charge in [-0.3, -0.25) is 9.88 Å². The zero-order valence-electron chi connectivity index (χ0n) is 23.6. The summed E-state index contributed by atoms with van der Waals surface area (Å²) >= 11 is 0. The van der Waals surface area contributed by atoms with E-state index in [0.29, 0.717) is 18.4 Å². The molecule has 4 aromatic rings. The van der Waals surface area contributed by atoms with Gasteiger partial charge < -0.3 is 19.8 Å². The molecule has 1 unspecified atom stereocenters. The number of alkyl halides is 2. The average Bonchev–Trinajstić information content (AvgIpc) is 3.53. The summed E-state index contributed by atoms with van der Waals surface area (Å²) in [6.45, 7) is 1.27. The van der Waals surface area contributed by atoms with Crippen molar-refractivity contribution in [1.82, 2.24) is 19.9 Å². The normalized spacial score (nSPS) is 25.5. The molecule has 4 atom stereocenters. The van der Waals surface area contributed by atoms with Crippen molar-refractivity contribution in [3.63, 3.8) is 0 Å². The van der Waals surface area contributed by atoms with Gasteiger partial charge in [-0.1, -0.05) is 12.0 Å². The molecule has 0 aliphatic carbocycles. The van der Waals surface area contributed by atoms with E-state index >= 15 is 4.39 Å². The van der Waals surface area contributed by atoms with Crippen LogP contribution in [0.15, 0.2) is 30.5 Å². The maximum atomic E-state index is 16.6. The predicted octanol–water partition coefficient (Wildman–Crippen LogP) is 4.67. The number of benzene rings is 2. The Labute approximate surface area is 250 Å². The lowest BCUT2D eigenvalue weighted by molar-refractivity contribution is 0.0642. The van der Waals surface area contributed by atoms with Gasteiger partial charge in [0, 0.05) is 43.2 Å². The van der Waals surface area contributed by atoms with Crippen molar-refractivity contribution >= 4 is 27.5 Å². The lowest BCUT2D eigenvalue weighted by atomic mass is 9.95. The fourth-order valence-electron chi connectivity index (χ4n) is 7.01. The Kier molecular flexibility index (Phi) is 6.98. The zero-order chi connectivity index (χ0) is 30.7. The number of halogens is 4. The summed E-state index contributed by atoms with van der Waals surface area (Å²) in [6, 6.07) is 5.07. The number of terminal acetylenes is 1. The summed E-state index contributed by atoms with van der Waals surface area (Å²) in [5.41, 5.74) is -0.993. The second-order valence-electron chi connectivity index (χ2n) is 11.9. The van der Waals surface area contributed by atoms with E-state index in [4.69, 9.17) is 11.2 Å². The number of ether oxygens (including phenoxy) is 1. The number of β-amino-alcohol motifs (C(OH)–C–C–N with tert-alkyl or cyclic N) is 1. The highest BCUT2D eigenvalue weighted by Gasteiger charge is 2.49. The molecule has 3 saturated heterocycles. The van der Waals surface area contributed by atoms with E-state index in [1.807, 2.05) is 0 Å². The second-order valence-corrected chi connectivity index (χ2v) is 11.9. The van der Waals surface area contributed by atoms with Crippen LogP contribution in [0, 0.1) is 24.0 Å². The Morgan fingerprint density at radius 1 is 1.14 bits per heavy atom. The summed E-state index contributed by atoms with van der Waals surface area (Å²) in [7, 11) is 0. The fourth-order valence-corrected chi connectivity index (χ4v) is 7.01. The van der Waals surface area contributed by atoms with Crippen LogP contribution in [0.25, 0.3) is 32.9 Å². The van der Waals surface area contributed by atoms with Crippen LogP contribution in [0.1, 0.15) is 31.2 Å². The molecule has 2 aromatic carbocycles. The number of nitrogens with zero attached hydrogens (tertiary/aromatic N) is 5. The van der Waals surface area contributed by atoms with Gasteiger partial charge in [-0.15, -0.1) is 6.42 Å². The molecule has 0 bridgehead atoms. The van der Waals surface area contributed by atoms with Crippen LogP contribution in [0.3, 0.4) is 0 Å². The van der Waals surface area contributed by atoms with E-state index in [2.05, 4.69) is 25.8 Å². The number of aliphatic hydroxyl groups excluding tert-OH is 1. The number of phenolic OH excluding ortho intramolecular Hbond substituents is 1. The number of piperidine rings is 1. The number of rotatable bonds is 5. The minimum absolute atomic E-state index is 0.0303. The van der Waals surface area contributed by atoms with Crippen molar-refractivity contribution in [2.45, 2.75) is 49.7 Å². The first-order valence-electron chi connectivity index (χ1n) is 14.5. The first-order chi connectivity index (χ1) is 21.2. The lowest BCUT2D eigenvalue weighted by Crippen LogP contribution is -2.45. The van der Waals surface area contributed by atoms with Gasteiger partial charge in [0.25, 0.3) is 0 Å². The van der Waals surface area contributed by atoms with Gasteiger partial charge in [0.05, 0.1) is 16.5 Å². The van der Waals surface area contributed by atoms with Crippen molar-refractivity contribution in [2.24, 2.45) is 0 Å². The number of aliphatic hydroxyl groups is 1. The molecule has 0 saturated carbocycles. The first kappa shape index (κ1) is 28.6. The third-order valence-corrected chi connectivity index (χ3v) is 9.12. The summed E-state index contributed by atoms with van der Waals surface area (Å²) in [4.78, 5) is 17.0. The number of fused-ring (bicyclic) bond motifs is 3. The van der Waals surface area contributed by atoms with E-state index in [9.17, 15) is 23.4 Å². The molecule has 0 amide bonds. The third kappa shape index (κ3) is 4.66. The van der Waals surface area contributed by atoms with E-state index in [1.54, 1.807) is 4.90 Å². The van der Waals surface area contributed by atoms with Gasteiger partial charge in [-0.05, 0) is 49.4 Å². The van der Waals surface area contributed by atoms with Crippen LogP contribution >= 0.6 is 0 Å². The van der Waals surface area contributed by atoms with Gasteiger partial charge >= 0.3 is 6.01 Å². The minimum Gasteiger partial charge on any atom is -0.508 e. The Morgan fingerprint density at radius 3 is 2.77 bits per heavy atom. The van der Waals surface area contributed by atoms with Crippen LogP contribution in [0.2, 0.25) is 0 Å². The molecule has 7 rings (SSSR count). The number of aromatic nitrogens is 3. The molecule has 3 aliphatic rings. The molecule has 3 aliphatic heterocycles. The monoisotopic (exact) mass is 607 g/mol. The standard InChI is InChI=1S/C32H29F4N5O3/c1-2-20-23(34)5-4-17-10-19(42)11-21(26(17)20)28-27(36)29-22(13-37-28)30(40-9-6-24(35)25(43)15-40)39-31(38-29)44-16-32-7-3-8-41(32)14-18(33)12-32/h1,4-5,10-11,13,18,24-25,42-43H,3,6-9,12,14-16H2/t18-,24-,25?,32+/m1/s1. The van der Waals surface area contributed by atoms with Crippen LogP contribution in [-0.2, 0) is 0 Å². The number of hydrogen-bond donors (Lipinski definition) is 2. The molecule has 0 spiro atoms. The van der Waals surface area contributed by atoms with Gasteiger partial charge in [0.15, 0.2) is 5.82 Å². The van der Waals surface area contributed by atoms with Gasteiger partial charge in [-0.25, -0.2) is 17.6 Å². The smallest absolute Gasteiger partial charge is 0.319 e. The van der Waals surface area contributed by atoms with Crippen LogP contribution < -0.4 is 9.64 Å². The fraction of sp³-hybridized carbons (Fsp3) is 0.406. The maximum absolute atomic E-state index is 16.6. The van der Waals surface area contributed by atoms with E-state index in [-0.39, 0.29) is 76.8 Å². The Hall–Kier alpha value is -4.21. The average molecular weight is 608 g/mol. The Morgan fingerprint density at radius 2 is 1.98 bits per heavy atom. The third-order valence-electron chi connectivity index (χ3n) is 9.12. The molecule has 3 fully saturated rings. The van der Waals surface area contributed by atoms with Gasteiger partial charge in [0.2, 0.25) is 0 Å². The van der Waals surface area contributed by atoms with Crippen molar-refractivity contribution < 1.29 is 32.5 Å². The number of aromatic hydroxyl groups is 1. The van der Waals surface area contributed by atoms with Gasteiger partial charge in [0.1, 0.15) is 53.6 Å². The van der Waals surface area contributed by atoms with Crippen LogP contribution in [0.5, 0.6) is 11.8 Å². The summed E-state index contributed by atoms with van der Waals surface area (Å²) in [6.07, 6.45) is 5.27. The molecular formula is C32H29F4N5O3. The molecule has 0 radical (unpaired) electrons. The largest absolute Gasteiger partial charge is 0.508 e. The molecular weight excluding hydrogens is 578 g/mol. The predicted molar refractivity (Wildman–Crippen MR) is 156 cm³/mol. The second kappa shape index (κ2) is 10.7. The SMILES string of the molecule is C#Cc1c(F)ccc2cc(O)cc(-c3ncc4c(N5CC[C@@H](F)C(O)C5)nc(OC[C@@]56CCCN5C[C@H](F)C6)nc4c3F)c12.